The molecular weight excluding hydrogens is 316 g/mol. The third-order valence-electron chi connectivity index (χ3n) is 4.11. The number of methoxy groups -OCH3 is 1. The van der Waals surface area contributed by atoms with Gasteiger partial charge in [0.2, 0.25) is 0 Å². The lowest BCUT2D eigenvalue weighted by molar-refractivity contribution is -0.384. The molecule has 0 N–H and O–H groups in total. The number of rotatable bonds is 4. The van der Waals surface area contributed by atoms with Crippen LogP contribution in [0.25, 0.3) is 10.4 Å². The van der Waals surface area contributed by atoms with Crippen LogP contribution in [0.1, 0.15) is 47.0 Å². The van der Waals surface area contributed by atoms with Gasteiger partial charge in [-0.2, -0.15) is 0 Å². The van der Waals surface area contributed by atoms with Crippen molar-refractivity contribution < 1.29 is 14.5 Å². The lowest BCUT2D eigenvalue weighted by atomic mass is 10.1. The van der Waals surface area contributed by atoms with Gasteiger partial charge in [0, 0.05) is 29.8 Å². The van der Waals surface area contributed by atoms with Gasteiger partial charge in [0.25, 0.3) is 5.69 Å². The van der Waals surface area contributed by atoms with Crippen molar-refractivity contribution in [2.45, 2.75) is 31.6 Å². The van der Waals surface area contributed by atoms with E-state index in [1.165, 1.54) is 32.1 Å². The van der Waals surface area contributed by atoms with Crippen molar-refractivity contribution in [3.05, 3.63) is 45.1 Å². The minimum Gasteiger partial charge on any atom is -0.465 e. The molecule has 0 amide bonds. The van der Waals surface area contributed by atoms with Crippen molar-refractivity contribution in [2.24, 2.45) is 0 Å². The number of esters is 1. The van der Waals surface area contributed by atoms with Gasteiger partial charge in [-0.15, -0.1) is 11.3 Å². The minimum atomic E-state index is -0.584. The van der Waals surface area contributed by atoms with E-state index in [2.05, 4.69) is 4.98 Å². The maximum Gasteiger partial charge on any atom is 0.338 e. The summed E-state index contributed by atoms with van der Waals surface area (Å²) in [6.07, 6.45) is 6.50. The molecule has 6 nitrogen and oxygen atoms in total. The van der Waals surface area contributed by atoms with E-state index in [1.807, 2.05) is 0 Å². The monoisotopic (exact) mass is 332 g/mol. The average molecular weight is 332 g/mol. The molecule has 0 spiro atoms. The highest BCUT2D eigenvalue weighted by molar-refractivity contribution is 7.15. The minimum absolute atomic E-state index is 0.130. The van der Waals surface area contributed by atoms with Gasteiger partial charge >= 0.3 is 5.97 Å². The summed E-state index contributed by atoms with van der Waals surface area (Å²) in [6, 6.07) is 4.25. The fraction of sp³-hybridized carbons (Fsp3) is 0.375. The molecule has 1 heterocycles. The van der Waals surface area contributed by atoms with Crippen LogP contribution in [0.4, 0.5) is 5.69 Å². The number of hydrogen-bond donors (Lipinski definition) is 0. The predicted molar refractivity (Wildman–Crippen MR) is 86.8 cm³/mol. The summed E-state index contributed by atoms with van der Waals surface area (Å²) in [7, 11) is 1.27. The molecular formula is C16H16N2O4S. The Bertz CT molecular complexity index is 750. The number of nitrogens with zero attached hydrogens (tertiary/aromatic N) is 2. The summed E-state index contributed by atoms with van der Waals surface area (Å²) in [6.45, 7) is 0. The molecule has 7 heteroatoms. The average Bonchev–Trinajstić information content (AvgIpc) is 3.24. The SMILES string of the molecule is COC(=O)c1cc([N+](=O)[O-])ccc1-c1cnc(C2CCCC2)s1. The highest BCUT2D eigenvalue weighted by atomic mass is 32.1. The first-order chi connectivity index (χ1) is 11.1. The quantitative estimate of drug-likeness (QED) is 0.477. The summed E-state index contributed by atoms with van der Waals surface area (Å²) in [5.74, 6) is -0.0899. The first-order valence-electron chi connectivity index (χ1n) is 7.43. The van der Waals surface area contributed by atoms with Gasteiger partial charge in [-0.05, 0) is 18.9 Å². The van der Waals surface area contributed by atoms with Crippen LogP contribution < -0.4 is 0 Å². The van der Waals surface area contributed by atoms with Gasteiger partial charge in [0.1, 0.15) is 0 Å². The first-order valence-corrected chi connectivity index (χ1v) is 8.24. The molecule has 2 aromatic rings. The van der Waals surface area contributed by atoms with E-state index >= 15 is 0 Å². The predicted octanol–water partition coefficient (Wildman–Crippen LogP) is 4.16. The van der Waals surface area contributed by atoms with Crippen LogP contribution in [0, 0.1) is 10.1 Å². The van der Waals surface area contributed by atoms with Crippen LogP contribution in [-0.4, -0.2) is 23.0 Å². The Morgan fingerprint density at radius 2 is 2.13 bits per heavy atom. The molecule has 0 radical (unpaired) electrons. The second kappa shape index (κ2) is 6.45. The van der Waals surface area contributed by atoms with Crippen LogP contribution in [0.5, 0.6) is 0 Å². The zero-order valence-corrected chi connectivity index (χ0v) is 13.5. The van der Waals surface area contributed by atoms with Crippen molar-refractivity contribution in [3.8, 4) is 10.4 Å². The normalized spacial score (nSPS) is 14.8. The van der Waals surface area contributed by atoms with E-state index in [1.54, 1.807) is 23.6 Å². The molecule has 23 heavy (non-hydrogen) atoms. The number of ether oxygens (including phenoxy) is 1. The third kappa shape index (κ3) is 3.10. The molecule has 1 aliphatic rings. The Kier molecular flexibility index (Phi) is 4.38. The molecule has 0 atom stereocenters. The number of nitro groups is 1. The van der Waals surface area contributed by atoms with Gasteiger partial charge < -0.3 is 4.74 Å². The number of carbonyl (C=O) groups is 1. The molecule has 1 saturated carbocycles. The number of benzene rings is 1. The fourth-order valence-electron chi connectivity index (χ4n) is 2.91. The van der Waals surface area contributed by atoms with E-state index in [0.717, 1.165) is 22.7 Å². The number of non-ortho nitro benzene ring substituents is 1. The highest BCUT2D eigenvalue weighted by Crippen LogP contribution is 2.39. The molecule has 1 aromatic heterocycles. The van der Waals surface area contributed by atoms with Crippen LogP contribution in [0.3, 0.4) is 0 Å². The van der Waals surface area contributed by atoms with Gasteiger partial charge in [-0.3, -0.25) is 10.1 Å². The second-order valence-corrected chi connectivity index (χ2v) is 6.58. The molecule has 120 valence electrons. The van der Waals surface area contributed by atoms with Crippen molar-refractivity contribution in [1.29, 1.82) is 0 Å². The number of hydrogen-bond acceptors (Lipinski definition) is 6. The summed E-state index contributed by atoms with van der Waals surface area (Å²) < 4.78 is 4.76. The van der Waals surface area contributed by atoms with Crippen molar-refractivity contribution >= 4 is 23.0 Å². The first kappa shape index (κ1) is 15.6. The maximum absolute atomic E-state index is 12.0. The lowest BCUT2D eigenvalue weighted by Crippen LogP contribution is -2.04. The van der Waals surface area contributed by atoms with Gasteiger partial charge in [-0.25, -0.2) is 9.78 Å². The van der Waals surface area contributed by atoms with Crippen molar-refractivity contribution in [2.75, 3.05) is 7.11 Å². The molecule has 0 unspecified atom stereocenters. The zero-order chi connectivity index (χ0) is 16.4. The topological polar surface area (TPSA) is 82.3 Å². The van der Waals surface area contributed by atoms with Gasteiger partial charge in [0.15, 0.2) is 0 Å². The van der Waals surface area contributed by atoms with Crippen molar-refractivity contribution in [1.82, 2.24) is 4.98 Å². The van der Waals surface area contributed by atoms with Crippen molar-refractivity contribution in [3.63, 3.8) is 0 Å². The summed E-state index contributed by atoms with van der Waals surface area (Å²) in [5, 5.41) is 12.0. The molecule has 1 aromatic carbocycles. The molecule has 0 saturated heterocycles. The van der Waals surface area contributed by atoms with E-state index in [4.69, 9.17) is 4.74 Å². The van der Waals surface area contributed by atoms with Crippen LogP contribution in [0.15, 0.2) is 24.4 Å². The van der Waals surface area contributed by atoms with E-state index in [9.17, 15) is 14.9 Å². The molecule has 3 rings (SSSR count). The Morgan fingerprint density at radius 3 is 2.78 bits per heavy atom. The number of nitro benzene ring substituents is 1. The Morgan fingerprint density at radius 1 is 1.39 bits per heavy atom. The lowest BCUT2D eigenvalue weighted by Gasteiger charge is -2.06. The Hall–Kier alpha value is -2.28. The second-order valence-electron chi connectivity index (χ2n) is 5.52. The smallest absolute Gasteiger partial charge is 0.338 e. The number of aromatic nitrogens is 1. The van der Waals surface area contributed by atoms with Gasteiger partial charge in [-0.1, -0.05) is 12.8 Å². The fourth-order valence-corrected chi connectivity index (χ4v) is 4.04. The summed E-state index contributed by atoms with van der Waals surface area (Å²) in [4.78, 5) is 27.7. The van der Waals surface area contributed by atoms with E-state index < -0.39 is 10.9 Å². The molecule has 0 aliphatic heterocycles. The Labute approximate surface area is 137 Å². The third-order valence-corrected chi connectivity index (χ3v) is 5.31. The summed E-state index contributed by atoms with van der Waals surface area (Å²) >= 11 is 1.55. The molecule has 1 fully saturated rings. The highest BCUT2D eigenvalue weighted by Gasteiger charge is 2.23. The van der Waals surface area contributed by atoms with E-state index in [-0.39, 0.29) is 11.3 Å². The number of thiazole rings is 1. The van der Waals surface area contributed by atoms with Crippen LogP contribution in [-0.2, 0) is 4.74 Å². The van der Waals surface area contributed by atoms with Crippen LogP contribution >= 0.6 is 11.3 Å². The van der Waals surface area contributed by atoms with Gasteiger partial charge in [0.05, 0.1) is 27.5 Å². The maximum atomic E-state index is 12.0. The Balaban J connectivity index is 2.01. The zero-order valence-electron chi connectivity index (χ0n) is 12.7. The van der Waals surface area contributed by atoms with E-state index in [0.29, 0.717) is 11.5 Å². The number of carbonyl (C=O) groups excluding carboxylic acids is 1. The summed E-state index contributed by atoms with van der Waals surface area (Å²) in [5.41, 5.74) is 0.696. The standard InChI is InChI=1S/C16H16N2O4S/c1-22-16(19)13-8-11(18(20)21)6-7-12(13)14-9-17-15(23-14)10-4-2-3-5-10/h6-10H,2-5H2,1H3. The van der Waals surface area contributed by atoms with Crippen LogP contribution in [0.2, 0.25) is 0 Å². The molecule has 1 aliphatic carbocycles. The molecule has 0 bridgehead atoms. The largest absolute Gasteiger partial charge is 0.465 e.